The highest BCUT2D eigenvalue weighted by Crippen LogP contribution is 2.07. The van der Waals surface area contributed by atoms with Gasteiger partial charge in [-0.2, -0.15) is 0 Å². The molecule has 0 saturated carbocycles. The minimum absolute atomic E-state index is 0.145. The Morgan fingerprint density at radius 3 is 2.50 bits per heavy atom. The van der Waals surface area contributed by atoms with E-state index in [0.29, 0.717) is 13.2 Å². The number of urea groups is 1. The molecule has 0 spiro atoms. The molecule has 1 aliphatic heterocycles. The molecule has 5 heteroatoms. The summed E-state index contributed by atoms with van der Waals surface area (Å²) >= 11 is 0. The van der Waals surface area contributed by atoms with Crippen molar-refractivity contribution in [2.45, 2.75) is 26.4 Å². The molecule has 0 aromatic heterocycles. The van der Waals surface area contributed by atoms with Crippen LogP contribution in [0.2, 0.25) is 0 Å². The molecule has 3 amide bonds. The summed E-state index contributed by atoms with van der Waals surface area (Å²) in [6.07, 6.45) is 0. The van der Waals surface area contributed by atoms with E-state index in [1.807, 2.05) is 20.8 Å². The van der Waals surface area contributed by atoms with E-state index in [-0.39, 0.29) is 24.1 Å². The molecular weight excluding hydrogens is 184 g/mol. The van der Waals surface area contributed by atoms with Gasteiger partial charge in [-0.1, -0.05) is 0 Å². The molecule has 0 aliphatic carbocycles. The summed E-state index contributed by atoms with van der Waals surface area (Å²) < 4.78 is 5.44. The van der Waals surface area contributed by atoms with Crippen LogP contribution in [0.3, 0.4) is 0 Å². The highest BCUT2D eigenvalue weighted by Gasteiger charge is 2.26. The van der Waals surface area contributed by atoms with Crippen molar-refractivity contribution in [1.29, 1.82) is 0 Å². The normalized spacial score (nSPS) is 17.5. The Labute approximate surface area is 83.4 Å². The van der Waals surface area contributed by atoms with Gasteiger partial charge in [0.15, 0.2) is 0 Å². The van der Waals surface area contributed by atoms with Crippen LogP contribution in [0, 0.1) is 0 Å². The van der Waals surface area contributed by atoms with Crippen LogP contribution >= 0.6 is 0 Å². The SMILES string of the molecule is CC(C)(C)OCCN1CC(=O)NC1=O. The predicted molar refractivity (Wildman–Crippen MR) is 50.8 cm³/mol. The maximum Gasteiger partial charge on any atom is 0.324 e. The molecule has 1 heterocycles. The molecule has 0 atom stereocenters. The maximum absolute atomic E-state index is 11.1. The van der Waals surface area contributed by atoms with Crippen LogP contribution in [-0.4, -0.2) is 42.1 Å². The molecule has 0 unspecified atom stereocenters. The number of nitrogens with one attached hydrogen (secondary N) is 1. The van der Waals surface area contributed by atoms with E-state index in [4.69, 9.17) is 4.74 Å². The first-order chi connectivity index (χ1) is 6.38. The first kappa shape index (κ1) is 11.0. The maximum atomic E-state index is 11.1. The van der Waals surface area contributed by atoms with E-state index in [1.165, 1.54) is 4.90 Å². The van der Waals surface area contributed by atoms with E-state index < -0.39 is 0 Å². The molecule has 0 aromatic rings. The molecule has 80 valence electrons. The van der Waals surface area contributed by atoms with Crippen molar-refractivity contribution in [3.8, 4) is 0 Å². The summed E-state index contributed by atoms with van der Waals surface area (Å²) in [6.45, 7) is 6.89. The van der Waals surface area contributed by atoms with Crippen molar-refractivity contribution in [3.63, 3.8) is 0 Å². The van der Waals surface area contributed by atoms with Crippen molar-refractivity contribution in [2.75, 3.05) is 19.7 Å². The summed E-state index contributed by atoms with van der Waals surface area (Å²) in [5.41, 5.74) is -0.208. The van der Waals surface area contributed by atoms with Gasteiger partial charge in [0.25, 0.3) is 0 Å². The van der Waals surface area contributed by atoms with Crippen LogP contribution in [0.15, 0.2) is 0 Å². The number of amides is 3. The van der Waals surface area contributed by atoms with E-state index >= 15 is 0 Å². The molecule has 1 fully saturated rings. The van der Waals surface area contributed by atoms with Gasteiger partial charge in [0.2, 0.25) is 5.91 Å². The minimum Gasteiger partial charge on any atom is -0.374 e. The van der Waals surface area contributed by atoms with Crippen molar-refractivity contribution in [2.24, 2.45) is 0 Å². The Bertz CT molecular complexity index is 245. The lowest BCUT2D eigenvalue weighted by molar-refractivity contribution is -0.118. The van der Waals surface area contributed by atoms with Crippen LogP contribution in [0.5, 0.6) is 0 Å². The Morgan fingerprint density at radius 1 is 1.43 bits per heavy atom. The largest absolute Gasteiger partial charge is 0.374 e. The molecule has 0 aromatic carbocycles. The molecule has 0 radical (unpaired) electrons. The van der Waals surface area contributed by atoms with Gasteiger partial charge in [-0.3, -0.25) is 10.1 Å². The third-order valence-electron chi connectivity index (χ3n) is 1.76. The topological polar surface area (TPSA) is 58.6 Å². The first-order valence-corrected chi connectivity index (χ1v) is 4.61. The zero-order valence-electron chi connectivity index (χ0n) is 8.79. The van der Waals surface area contributed by atoms with E-state index in [1.54, 1.807) is 0 Å². The second kappa shape index (κ2) is 3.96. The zero-order chi connectivity index (χ0) is 10.8. The molecule has 14 heavy (non-hydrogen) atoms. The van der Waals surface area contributed by atoms with Crippen LogP contribution in [-0.2, 0) is 9.53 Å². The lowest BCUT2D eigenvalue weighted by Gasteiger charge is -2.21. The number of rotatable bonds is 3. The summed E-state index contributed by atoms with van der Waals surface area (Å²) in [7, 11) is 0. The molecule has 0 bridgehead atoms. The summed E-state index contributed by atoms with van der Waals surface area (Å²) in [6, 6.07) is -0.326. The first-order valence-electron chi connectivity index (χ1n) is 4.61. The van der Waals surface area contributed by atoms with E-state index in [0.717, 1.165) is 0 Å². The summed E-state index contributed by atoms with van der Waals surface area (Å²) in [5, 5.41) is 2.21. The Morgan fingerprint density at radius 2 is 2.07 bits per heavy atom. The fraction of sp³-hybridized carbons (Fsp3) is 0.778. The number of ether oxygens (including phenoxy) is 1. The molecule has 1 rings (SSSR count). The average Bonchev–Trinajstić information content (AvgIpc) is 2.27. The van der Waals surface area contributed by atoms with Gasteiger partial charge in [-0.15, -0.1) is 0 Å². The fourth-order valence-electron chi connectivity index (χ4n) is 1.13. The van der Waals surface area contributed by atoms with Crippen LogP contribution in [0.4, 0.5) is 4.79 Å². The molecular formula is C9H16N2O3. The monoisotopic (exact) mass is 200 g/mol. The molecule has 1 aliphatic rings. The van der Waals surface area contributed by atoms with Crippen molar-refractivity contribution >= 4 is 11.9 Å². The molecule has 5 nitrogen and oxygen atoms in total. The average molecular weight is 200 g/mol. The third kappa shape index (κ3) is 3.33. The van der Waals surface area contributed by atoms with E-state index in [2.05, 4.69) is 5.32 Å². The lowest BCUT2D eigenvalue weighted by atomic mass is 10.2. The van der Waals surface area contributed by atoms with Crippen molar-refractivity contribution in [1.82, 2.24) is 10.2 Å². The van der Waals surface area contributed by atoms with Gasteiger partial charge in [0.05, 0.1) is 12.2 Å². The van der Waals surface area contributed by atoms with Crippen molar-refractivity contribution in [3.05, 3.63) is 0 Å². The number of carbonyl (C=O) groups is 2. The van der Waals surface area contributed by atoms with Gasteiger partial charge in [0.1, 0.15) is 6.54 Å². The molecule has 1 saturated heterocycles. The second-order valence-electron chi connectivity index (χ2n) is 4.24. The Balaban J connectivity index is 2.26. The van der Waals surface area contributed by atoms with Crippen molar-refractivity contribution < 1.29 is 14.3 Å². The fourth-order valence-corrected chi connectivity index (χ4v) is 1.13. The van der Waals surface area contributed by atoms with Gasteiger partial charge < -0.3 is 9.64 Å². The van der Waals surface area contributed by atoms with Crippen LogP contribution < -0.4 is 5.32 Å². The van der Waals surface area contributed by atoms with E-state index in [9.17, 15) is 9.59 Å². The second-order valence-corrected chi connectivity index (χ2v) is 4.24. The number of hydrogen-bond acceptors (Lipinski definition) is 3. The number of imide groups is 1. The van der Waals surface area contributed by atoms with Gasteiger partial charge in [0, 0.05) is 6.54 Å². The van der Waals surface area contributed by atoms with Gasteiger partial charge in [-0.05, 0) is 20.8 Å². The predicted octanol–water partition coefficient (Wildman–Crippen LogP) is 0.353. The summed E-state index contributed by atoms with van der Waals surface area (Å²) in [4.78, 5) is 23.3. The van der Waals surface area contributed by atoms with Crippen LogP contribution in [0.25, 0.3) is 0 Å². The minimum atomic E-state index is -0.326. The Hall–Kier alpha value is -1.10. The number of hydrogen-bond donors (Lipinski definition) is 1. The standard InChI is InChI=1S/C9H16N2O3/c1-9(2,3)14-5-4-11-6-7(12)10-8(11)13/h4-6H2,1-3H3,(H,10,12,13). The van der Waals surface area contributed by atoms with Gasteiger partial charge >= 0.3 is 6.03 Å². The Kier molecular flexibility index (Phi) is 3.10. The summed E-state index contributed by atoms with van der Waals surface area (Å²) in [5.74, 6) is -0.245. The highest BCUT2D eigenvalue weighted by atomic mass is 16.5. The highest BCUT2D eigenvalue weighted by molar-refractivity contribution is 6.01. The third-order valence-corrected chi connectivity index (χ3v) is 1.76. The zero-order valence-corrected chi connectivity index (χ0v) is 8.79. The van der Waals surface area contributed by atoms with Gasteiger partial charge in [-0.25, -0.2) is 4.79 Å². The lowest BCUT2D eigenvalue weighted by Crippen LogP contribution is -2.33. The molecule has 1 N–H and O–H groups in total. The smallest absolute Gasteiger partial charge is 0.324 e. The number of nitrogens with zero attached hydrogens (tertiary/aromatic N) is 1. The number of carbonyl (C=O) groups excluding carboxylic acids is 2. The quantitative estimate of drug-likeness (QED) is 0.669. The van der Waals surface area contributed by atoms with Crippen LogP contribution in [0.1, 0.15) is 20.8 Å².